The number of nitrogens with two attached hydrogens (primary N) is 1. The average Bonchev–Trinajstić information content (AvgIpc) is 2.53. The van der Waals surface area contributed by atoms with E-state index >= 15 is 0 Å². The number of nitrogen functional groups attached to an aromatic ring is 1. The van der Waals surface area contributed by atoms with E-state index in [0.29, 0.717) is 11.6 Å². The van der Waals surface area contributed by atoms with Crippen molar-refractivity contribution in [3.8, 4) is 11.5 Å². The van der Waals surface area contributed by atoms with Crippen molar-refractivity contribution < 1.29 is 9.47 Å². The van der Waals surface area contributed by atoms with Gasteiger partial charge in [-0.25, -0.2) is 0 Å². The Labute approximate surface area is 141 Å². The number of nitrogens with zero attached hydrogens (tertiary/aromatic N) is 1. The fourth-order valence-corrected chi connectivity index (χ4v) is 2.86. The summed E-state index contributed by atoms with van der Waals surface area (Å²) in [5.41, 5.74) is 7.72. The number of halogens is 1. The molecule has 1 aliphatic heterocycles. The molecule has 2 N–H and O–H groups in total. The summed E-state index contributed by atoms with van der Waals surface area (Å²) in [6.45, 7) is 4.50. The molecule has 0 radical (unpaired) electrons. The zero-order valence-electron chi connectivity index (χ0n) is 13.2. The monoisotopic (exact) mass is 332 g/mol. The standard InChI is InChI=1S/C18H21ClN2O2/c1-13-12-21(17-11-15(20)5-8-18(17)23-13)9-2-10-22-16-6-3-14(19)4-7-16/h3-8,11,13H,2,9-10,12,20H2,1H3. The quantitative estimate of drug-likeness (QED) is 0.664. The van der Waals surface area contributed by atoms with Crippen molar-refractivity contribution in [2.75, 3.05) is 30.3 Å². The van der Waals surface area contributed by atoms with Gasteiger partial charge in [-0.15, -0.1) is 0 Å². The molecule has 2 aromatic carbocycles. The molecule has 0 spiro atoms. The molecule has 0 saturated carbocycles. The molecule has 0 amide bonds. The molecule has 1 aliphatic rings. The van der Waals surface area contributed by atoms with Crippen molar-refractivity contribution in [2.45, 2.75) is 19.4 Å². The molecule has 1 heterocycles. The average molecular weight is 333 g/mol. The van der Waals surface area contributed by atoms with E-state index in [0.717, 1.165) is 42.4 Å². The third-order valence-electron chi connectivity index (χ3n) is 3.78. The highest BCUT2D eigenvalue weighted by atomic mass is 35.5. The normalized spacial score (nSPS) is 16.6. The lowest BCUT2D eigenvalue weighted by Gasteiger charge is -2.35. The molecule has 0 aromatic heterocycles. The van der Waals surface area contributed by atoms with Gasteiger partial charge in [0.05, 0.1) is 18.8 Å². The van der Waals surface area contributed by atoms with Crippen molar-refractivity contribution in [3.05, 3.63) is 47.5 Å². The Morgan fingerprint density at radius 3 is 2.83 bits per heavy atom. The van der Waals surface area contributed by atoms with Gasteiger partial charge in [0.15, 0.2) is 0 Å². The number of benzene rings is 2. The molecule has 2 aromatic rings. The summed E-state index contributed by atoms with van der Waals surface area (Å²) in [5, 5.41) is 0.717. The first-order valence-corrected chi connectivity index (χ1v) is 8.19. The van der Waals surface area contributed by atoms with Crippen LogP contribution in [-0.4, -0.2) is 25.8 Å². The number of hydrogen-bond donors (Lipinski definition) is 1. The fraction of sp³-hybridized carbons (Fsp3) is 0.333. The Hall–Kier alpha value is -2.07. The minimum atomic E-state index is 0.170. The number of hydrogen-bond acceptors (Lipinski definition) is 4. The maximum absolute atomic E-state index is 5.90. The van der Waals surface area contributed by atoms with Crippen molar-refractivity contribution >= 4 is 23.0 Å². The van der Waals surface area contributed by atoms with E-state index in [4.69, 9.17) is 26.8 Å². The number of anilines is 2. The first kappa shape index (κ1) is 15.8. The smallest absolute Gasteiger partial charge is 0.143 e. The summed E-state index contributed by atoms with van der Waals surface area (Å²) in [7, 11) is 0. The summed E-state index contributed by atoms with van der Waals surface area (Å²) < 4.78 is 11.6. The van der Waals surface area contributed by atoms with E-state index in [-0.39, 0.29) is 6.10 Å². The van der Waals surface area contributed by atoms with Gasteiger partial charge in [0.1, 0.15) is 17.6 Å². The SMILES string of the molecule is CC1CN(CCCOc2ccc(Cl)cc2)c2cc(N)ccc2O1. The minimum absolute atomic E-state index is 0.170. The van der Waals surface area contributed by atoms with Crippen LogP contribution in [0, 0.1) is 0 Å². The summed E-state index contributed by atoms with van der Waals surface area (Å²) in [6, 6.07) is 13.2. The third kappa shape index (κ3) is 4.02. The summed E-state index contributed by atoms with van der Waals surface area (Å²) in [5.74, 6) is 1.74. The van der Waals surface area contributed by atoms with Gasteiger partial charge in [0.2, 0.25) is 0 Å². The molecule has 122 valence electrons. The van der Waals surface area contributed by atoms with Crippen LogP contribution in [0.15, 0.2) is 42.5 Å². The van der Waals surface area contributed by atoms with E-state index in [1.807, 2.05) is 42.5 Å². The predicted molar refractivity (Wildman–Crippen MR) is 94.7 cm³/mol. The van der Waals surface area contributed by atoms with E-state index in [2.05, 4.69) is 11.8 Å². The Bertz CT molecular complexity index is 661. The summed E-state index contributed by atoms with van der Waals surface area (Å²) in [4.78, 5) is 2.31. The molecule has 3 rings (SSSR count). The topological polar surface area (TPSA) is 47.7 Å². The van der Waals surface area contributed by atoms with Crippen LogP contribution in [0.3, 0.4) is 0 Å². The molecule has 0 bridgehead atoms. The van der Waals surface area contributed by atoms with Crippen LogP contribution in [0.25, 0.3) is 0 Å². The molecule has 5 heteroatoms. The summed E-state index contributed by atoms with van der Waals surface area (Å²) in [6.07, 6.45) is 1.09. The highest BCUT2D eigenvalue weighted by Crippen LogP contribution is 2.35. The third-order valence-corrected chi connectivity index (χ3v) is 4.04. The zero-order chi connectivity index (χ0) is 16.2. The largest absolute Gasteiger partial charge is 0.494 e. The molecule has 0 fully saturated rings. The lowest BCUT2D eigenvalue weighted by atomic mass is 10.1. The number of fused-ring (bicyclic) bond motifs is 1. The van der Waals surface area contributed by atoms with Gasteiger partial charge >= 0.3 is 0 Å². The second kappa shape index (κ2) is 7.01. The van der Waals surface area contributed by atoms with Crippen molar-refractivity contribution in [2.24, 2.45) is 0 Å². The van der Waals surface area contributed by atoms with E-state index in [1.165, 1.54) is 0 Å². The van der Waals surface area contributed by atoms with Gasteiger partial charge in [-0.3, -0.25) is 0 Å². The molecule has 1 unspecified atom stereocenters. The van der Waals surface area contributed by atoms with Crippen LogP contribution < -0.4 is 20.1 Å². The molecule has 1 atom stereocenters. The molecular weight excluding hydrogens is 312 g/mol. The van der Waals surface area contributed by atoms with Gasteiger partial charge < -0.3 is 20.1 Å². The van der Waals surface area contributed by atoms with Crippen LogP contribution in [0.4, 0.5) is 11.4 Å². The van der Waals surface area contributed by atoms with Gasteiger partial charge in [-0.1, -0.05) is 11.6 Å². The number of rotatable bonds is 5. The Kier molecular flexibility index (Phi) is 4.82. The molecular formula is C18H21ClN2O2. The first-order valence-electron chi connectivity index (χ1n) is 7.81. The molecule has 23 heavy (non-hydrogen) atoms. The Morgan fingerprint density at radius 2 is 2.04 bits per heavy atom. The first-order chi connectivity index (χ1) is 11.1. The maximum atomic E-state index is 5.90. The number of ether oxygens (including phenoxy) is 2. The Balaban J connectivity index is 1.56. The lowest BCUT2D eigenvalue weighted by Crippen LogP contribution is -2.39. The molecule has 0 aliphatic carbocycles. The van der Waals surface area contributed by atoms with Crippen LogP contribution in [0.1, 0.15) is 13.3 Å². The zero-order valence-corrected chi connectivity index (χ0v) is 13.9. The highest BCUT2D eigenvalue weighted by molar-refractivity contribution is 6.30. The van der Waals surface area contributed by atoms with Gasteiger partial charge in [0, 0.05) is 17.3 Å². The second-order valence-electron chi connectivity index (χ2n) is 5.76. The molecule has 4 nitrogen and oxygen atoms in total. The van der Waals surface area contributed by atoms with Crippen molar-refractivity contribution in [3.63, 3.8) is 0 Å². The van der Waals surface area contributed by atoms with Gasteiger partial charge in [-0.2, -0.15) is 0 Å². The predicted octanol–water partition coefficient (Wildman–Crippen LogP) is 3.98. The molecule has 0 saturated heterocycles. The van der Waals surface area contributed by atoms with Gasteiger partial charge in [0.25, 0.3) is 0 Å². The van der Waals surface area contributed by atoms with Crippen LogP contribution in [0.2, 0.25) is 5.02 Å². The minimum Gasteiger partial charge on any atom is -0.494 e. The fourth-order valence-electron chi connectivity index (χ4n) is 2.73. The maximum Gasteiger partial charge on any atom is 0.143 e. The summed E-state index contributed by atoms with van der Waals surface area (Å²) >= 11 is 5.86. The van der Waals surface area contributed by atoms with Crippen molar-refractivity contribution in [1.29, 1.82) is 0 Å². The second-order valence-corrected chi connectivity index (χ2v) is 6.19. The van der Waals surface area contributed by atoms with Gasteiger partial charge in [-0.05, 0) is 55.8 Å². The highest BCUT2D eigenvalue weighted by Gasteiger charge is 2.22. The van der Waals surface area contributed by atoms with Crippen molar-refractivity contribution in [1.82, 2.24) is 0 Å². The van der Waals surface area contributed by atoms with Crippen LogP contribution >= 0.6 is 11.6 Å². The van der Waals surface area contributed by atoms with Crippen LogP contribution in [-0.2, 0) is 0 Å². The Morgan fingerprint density at radius 1 is 1.26 bits per heavy atom. The van der Waals surface area contributed by atoms with E-state index in [9.17, 15) is 0 Å². The lowest BCUT2D eigenvalue weighted by molar-refractivity contribution is 0.211. The van der Waals surface area contributed by atoms with E-state index in [1.54, 1.807) is 0 Å². The van der Waals surface area contributed by atoms with Crippen LogP contribution in [0.5, 0.6) is 11.5 Å². The van der Waals surface area contributed by atoms with E-state index < -0.39 is 0 Å².